The number of rotatable bonds is 2. The standard InChI is InChI=1S/C11H24/c1-10(2,3)8-7-9-11(4,5)6/h7-9H2,1-6H3. The number of hydrogen-bond acceptors (Lipinski definition) is 0. The Kier molecular flexibility index (Phi) is 3.60. The van der Waals surface area contributed by atoms with Crippen molar-refractivity contribution in [3.8, 4) is 0 Å². The minimum Gasteiger partial charge on any atom is -0.0602 e. The van der Waals surface area contributed by atoms with Crippen LogP contribution < -0.4 is 0 Å². The molecule has 0 unspecified atom stereocenters. The minimum absolute atomic E-state index is 0.519. The Hall–Kier alpha value is 0. The molecule has 0 aliphatic rings. The van der Waals surface area contributed by atoms with Gasteiger partial charge in [-0.15, -0.1) is 0 Å². The van der Waals surface area contributed by atoms with Gasteiger partial charge in [-0.3, -0.25) is 0 Å². The van der Waals surface area contributed by atoms with Crippen LogP contribution in [0.1, 0.15) is 60.8 Å². The Morgan fingerprint density at radius 1 is 0.636 bits per heavy atom. The van der Waals surface area contributed by atoms with Gasteiger partial charge < -0.3 is 0 Å². The molecule has 0 N–H and O–H groups in total. The summed E-state index contributed by atoms with van der Waals surface area (Å²) in [7, 11) is 0. The summed E-state index contributed by atoms with van der Waals surface area (Å²) in [5.74, 6) is 0. The molecule has 0 aromatic rings. The summed E-state index contributed by atoms with van der Waals surface area (Å²) in [6.07, 6.45) is 4.07. The van der Waals surface area contributed by atoms with E-state index in [2.05, 4.69) is 41.5 Å². The second-order valence-electron chi connectivity index (χ2n) is 5.97. The van der Waals surface area contributed by atoms with Crippen molar-refractivity contribution in [3.05, 3.63) is 0 Å². The van der Waals surface area contributed by atoms with Gasteiger partial charge in [0, 0.05) is 0 Å². The van der Waals surface area contributed by atoms with Crippen LogP contribution in [0.4, 0.5) is 0 Å². The summed E-state index contributed by atoms with van der Waals surface area (Å²) in [6, 6.07) is 0. The largest absolute Gasteiger partial charge is 0.0602 e. The van der Waals surface area contributed by atoms with Crippen LogP contribution in [0.15, 0.2) is 0 Å². The highest BCUT2D eigenvalue weighted by Crippen LogP contribution is 2.27. The first-order valence-corrected chi connectivity index (χ1v) is 4.71. The van der Waals surface area contributed by atoms with Crippen molar-refractivity contribution in [2.45, 2.75) is 60.8 Å². The summed E-state index contributed by atoms with van der Waals surface area (Å²) in [5, 5.41) is 0. The number of hydrogen-bond donors (Lipinski definition) is 0. The monoisotopic (exact) mass is 156 g/mol. The SMILES string of the molecule is CC(C)(C)CCCC(C)(C)C. The maximum absolute atomic E-state index is 2.32. The van der Waals surface area contributed by atoms with Crippen molar-refractivity contribution < 1.29 is 0 Å². The zero-order chi connectivity index (χ0) is 9.12. The van der Waals surface area contributed by atoms with E-state index in [1.807, 2.05) is 0 Å². The van der Waals surface area contributed by atoms with Crippen molar-refractivity contribution in [1.82, 2.24) is 0 Å². The van der Waals surface area contributed by atoms with E-state index >= 15 is 0 Å². The van der Waals surface area contributed by atoms with Crippen LogP contribution in [0.2, 0.25) is 0 Å². The zero-order valence-corrected chi connectivity index (χ0v) is 9.12. The molecule has 0 aliphatic carbocycles. The smallest absolute Gasteiger partial charge is 0.0383 e. The van der Waals surface area contributed by atoms with Crippen LogP contribution in [-0.2, 0) is 0 Å². The van der Waals surface area contributed by atoms with Crippen LogP contribution in [0.3, 0.4) is 0 Å². The zero-order valence-electron chi connectivity index (χ0n) is 9.12. The summed E-state index contributed by atoms with van der Waals surface area (Å²) in [5.41, 5.74) is 1.04. The second kappa shape index (κ2) is 3.60. The van der Waals surface area contributed by atoms with E-state index < -0.39 is 0 Å². The van der Waals surface area contributed by atoms with Crippen LogP contribution in [0, 0.1) is 10.8 Å². The predicted molar refractivity (Wildman–Crippen MR) is 52.8 cm³/mol. The van der Waals surface area contributed by atoms with E-state index in [4.69, 9.17) is 0 Å². The molecule has 0 amide bonds. The molecule has 0 nitrogen and oxygen atoms in total. The van der Waals surface area contributed by atoms with Gasteiger partial charge in [0.25, 0.3) is 0 Å². The molecular weight excluding hydrogens is 132 g/mol. The molecule has 0 radical (unpaired) electrons. The maximum atomic E-state index is 2.32. The van der Waals surface area contributed by atoms with Gasteiger partial charge in [0.05, 0.1) is 0 Å². The molecule has 0 bridgehead atoms. The molecule has 0 aliphatic heterocycles. The Morgan fingerprint density at radius 2 is 0.909 bits per heavy atom. The summed E-state index contributed by atoms with van der Waals surface area (Å²) in [4.78, 5) is 0. The van der Waals surface area contributed by atoms with Gasteiger partial charge in [0.2, 0.25) is 0 Å². The molecule has 0 aromatic carbocycles. The van der Waals surface area contributed by atoms with Gasteiger partial charge in [-0.25, -0.2) is 0 Å². The molecule has 68 valence electrons. The second-order valence-corrected chi connectivity index (χ2v) is 5.97. The van der Waals surface area contributed by atoms with Gasteiger partial charge in [-0.1, -0.05) is 48.0 Å². The van der Waals surface area contributed by atoms with Gasteiger partial charge in [0.15, 0.2) is 0 Å². The quantitative estimate of drug-likeness (QED) is 0.560. The third-order valence-corrected chi connectivity index (χ3v) is 1.85. The molecule has 0 spiro atoms. The third-order valence-electron chi connectivity index (χ3n) is 1.85. The first kappa shape index (κ1) is 11.0. The Labute approximate surface area is 72.4 Å². The summed E-state index contributed by atoms with van der Waals surface area (Å²) in [6.45, 7) is 13.9. The topological polar surface area (TPSA) is 0 Å². The van der Waals surface area contributed by atoms with Gasteiger partial charge in [-0.2, -0.15) is 0 Å². The lowest BCUT2D eigenvalue weighted by Gasteiger charge is -2.22. The highest BCUT2D eigenvalue weighted by Gasteiger charge is 2.13. The molecule has 0 saturated carbocycles. The van der Waals surface area contributed by atoms with E-state index in [1.165, 1.54) is 19.3 Å². The Balaban J connectivity index is 3.44. The van der Waals surface area contributed by atoms with Crippen LogP contribution in [0.25, 0.3) is 0 Å². The van der Waals surface area contributed by atoms with E-state index in [0.29, 0.717) is 10.8 Å². The molecule has 0 aromatic heterocycles. The van der Waals surface area contributed by atoms with Gasteiger partial charge in [0.1, 0.15) is 0 Å². The van der Waals surface area contributed by atoms with E-state index in [0.717, 1.165) is 0 Å². The predicted octanol–water partition coefficient (Wildman–Crippen LogP) is 4.25. The lowest BCUT2D eigenvalue weighted by molar-refractivity contribution is 0.301. The van der Waals surface area contributed by atoms with Gasteiger partial charge in [-0.05, 0) is 23.7 Å². The molecule has 0 heteroatoms. The fourth-order valence-electron chi connectivity index (χ4n) is 1.15. The molecule has 0 heterocycles. The average Bonchev–Trinajstić information content (AvgIpc) is 1.55. The van der Waals surface area contributed by atoms with E-state index in [9.17, 15) is 0 Å². The molecule has 11 heavy (non-hydrogen) atoms. The fraction of sp³-hybridized carbons (Fsp3) is 1.00. The van der Waals surface area contributed by atoms with Crippen LogP contribution in [0.5, 0.6) is 0 Å². The molecule has 0 fully saturated rings. The van der Waals surface area contributed by atoms with Gasteiger partial charge >= 0.3 is 0 Å². The lowest BCUT2D eigenvalue weighted by atomic mass is 9.84. The first-order valence-electron chi connectivity index (χ1n) is 4.71. The van der Waals surface area contributed by atoms with Crippen molar-refractivity contribution in [2.24, 2.45) is 10.8 Å². The Bertz CT molecular complexity index is 84.2. The van der Waals surface area contributed by atoms with Crippen LogP contribution in [-0.4, -0.2) is 0 Å². The van der Waals surface area contributed by atoms with Crippen molar-refractivity contribution >= 4 is 0 Å². The molecule has 0 saturated heterocycles. The highest BCUT2D eigenvalue weighted by atomic mass is 14.2. The van der Waals surface area contributed by atoms with Crippen molar-refractivity contribution in [2.75, 3.05) is 0 Å². The summed E-state index contributed by atoms with van der Waals surface area (Å²) >= 11 is 0. The Morgan fingerprint density at radius 3 is 1.09 bits per heavy atom. The summed E-state index contributed by atoms with van der Waals surface area (Å²) < 4.78 is 0. The maximum Gasteiger partial charge on any atom is -0.0383 e. The fourth-order valence-corrected chi connectivity index (χ4v) is 1.15. The van der Waals surface area contributed by atoms with E-state index in [1.54, 1.807) is 0 Å². The highest BCUT2D eigenvalue weighted by molar-refractivity contribution is 4.66. The molecule has 0 rings (SSSR count). The van der Waals surface area contributed by atoms with Crippen molar-refractivity contribution in [3.63, 3.8) is 0 Å². The van der Waals surface area contributed by atoms with Crippen LogP contribution >= 0.6 is 0 Å². The minimum atomic E-state index is 0.519. The van der Waals surface area contributed by atoms with Crippen molar-refractivity contribution in [1.29, 1.82) is 0 Å². The normalized spacial score (nSPS) is 13.6. The lowest BCUT2D eigenvalue weighted by Crippen LogP contribution is -2.09. The molecular formula is C11H24. The van der Waals surface area contributed by atoms with E-state index in [-0.39, 0.29) is 0 Å². The average molecular weight is 156 g/mol. The third kappa shape index (κ3) is 10.0. The first-order chi connectivity index (χ1) is 4.71. The molecule has 0 atom stereocenters.